The van der Waals surface area contributed by atoms with E-state index in [4.69, 9.17) is 9.84 Å². The number of rotatable bonds is 5. The lowest BCUT2D eigenvalue weighted by Gasteiger charge is -2.09. The van der Waals surface area contributed by atoms with Crippen LogP contribution in [0.3, 0.4) is 0 Å². The maximum atomic E-state index is 10.8. The lowest BCUT2D eigenvalue weighted by molar-refractivity contribution is 0.0697. The predicted molar refractivity (Wildman–Crippen MR) is 77.5 cm³/mol. The van der Waals surface area contributed by atoms with Gasteiger partial charge in [-0.3, -0.25) is 4.68 Å². The van der Waals surface area contributed by atoms with Gasteiger partial charge in [0.2, 0.25) is 0 Å². The molecule has 1 N–H and O–H groups in total. The van der Waals surface area contributed by atoms with Crippen LogP contribution < -0.4 is 4.74 Å². The van der Waals surface area contributed by atoms with Gasteiger partial charge in [0.1, 0.15) is 12.4 Å². The van der Waals surface area contributed by atoms with E-state index >= 15 is 0 Å². The van der Waals surface area contributed by atoms with E-state index in [2.05, 4.69) is 5.10 Å². The van der Waals surface area contributed by atoms with Crippen molar-refractivity contribution in [3.63, 3.8) is 0 Å². The molecule has 0 unspecified atom stereocenters. The second-order valence-electron chi connectivity index (χ2n) is 5.34. The monoisotopic (exact) mass is 286 g/mol. The third-order valence-corrected chi connectivity index (χ3v) is 3.85. The van der Waals surface area contributed by atoms with Crippen molar-refractivity contribution in [1.82, 2.24) is 9.78 Å². The fourth-order valence-electron chi connectivity index (χ4n) is 2.68. The van der Waals surface area contributed by atoms with Crippen LogP contribution in [0.4, 0.5) is 0 Å². The summed E-state index contributed by atoms with van der Waals surface area (Å²) in [5.41, 5.74) is 1.15. The molecule has 1 aromatic heterocycles. The molecule has 21 heavy (non-hydrogen) atoms. The molecule has 1 aliphatic carbocycles. The normalized spacial score (nSPS) is 15.2. The number of ether oxygens (including phenoxy) is 1. The average molecular weight is 286 g/mol. The molecule has 110 valence electrons. The lowest BCUT2D eigenvalue weighted by atomic mass is 10.2. The molecule has 0 aliphatic heterocycles. The number of hydrogen-bond donors (Lipinski definition) is 1. The topological polar surface area (TPSA) is 64.3 Å². The predicted octanol–water partition coefficient (Wildman–Crippen LogP) is 3.28. The Hall–Kier alpha value is -2.30. The third kappa shape index (κ3) is 3.24. The van der Waals surface area contributed by atoms with E-state index in [1.54, 1.807) is 12.1 Å². The molecule has 1 heterocycles. The molecule has 0 bridgehead atoms. The quantitative estimate of drug-likeness (QED) is 0.916. The highest BCUT2D eigenvalue weighted by Gasteiger charge is 2.17. The minimum Gasteiger partial charge on any atom is -0.487 e. The Morgan fingerprint density at radius 1 is 1.24 bits per heavy atom. The molecule has 3 rings (SSSR count). The minimum absolute atomic E-state index is 0.257. The second-order valence-corrected chi connectivity index (χ2v) is 5.34. The molecule has 0 atom stereocenters. The van der Waals surface area contributed by atoms with Crippen LogP contribution in [0.5, 0.6) is 5.75 Å². The Balaban J connectivity index is 1.58. The molecule has 1 saturated carbocycles. The first-order valence-electron chi connectivity index (χ1n) is 7.22. The van der Waals surface area contributed by atoms with Crippen molar-refractivity contribution in [1.29, 1.82) is 0 Å². The van der Waals surface area contributed by atoms with Crippen LogP contribution >= 0.6 is 0 Å². The molecule has 0 spiro atoms. The molecular weight excluding hydrogens is 268 g/mol. The molecular formula is C16H18N2O3. The number of aromatic nitrogens is 2. The SMILES string of the molecule is O=C(O)c1ccc(OCc2ccn(C3CCCC3)n2)cc1. The van der Waals surface area contributed by atoms with Gasteiger partial charge in [-0.1, -0.05) is 12.8 Å². The van der Waals surface area contributed by atoms with Gasteiger partial charge in [-0.05, 0) is 43.2 Å². The highest BCUT2D eigenvalue weighted by molar-refractivity contribution is 5.87. The van der Waals surface area contributed by atoms with Gasteiger partial charge in [0, 0.05) is 6.20 Å². The van der Waals surface area contributed by atoms with Crippen molar-refractivity contribution in [3.8, 4) is 5.75 Å². The van der Waals surface area contributed by atoms with E-state index in [1.807, 2.05) is 16.9 Å². The highest BCUT2D eigenvalue weighted by atomic mass is 16.5. The van der Waals surface area contributed by atoms with E-state index in [-0.39, 0.29) is 5.56 Å². The van der Waals surface area contributed by atoms with Crippen molar-refractivity contribution >= 4 is 5.97 Å². The van der Waals surface area contributed by atoms with Gasteiger partial charge in [-0.15, -0.1) is 0 Å². The lowest BCUT2D eigenvalue weighted by Crippen LogP contribution is -2.06. The molecule has 1 fully saturated rings. The van der Waals surface area contributed by atoms with Gasteiger partial charge in [0.05, 0.1) is 17.3 Å². The smallest absolute Gasteiger partial charge is 0.335 e. The first-order valence-corrected chi connectivity index (χ1v) is 7.22. The standard InChI is InChI=1S/C16H18N2O3/c19-16(20)12-5-7-15(8-6-12)21-11-13-9-10-18(17-13)14-3-1-2-4-14/h5-10,14H,1-4,11H2,(H,19,20). The van der Waals surface area contributed by atoms with Gasteiger partial charge >= 0.3 is 5.97 Å². The van der Waals surface area contributed by atoms with Gasteiger partial charge in [0.15, 0.2) is 0 Å². The molecule has 0 radical (unpaired) electrons. The van der Waals surface area contributed by atoms with Crippen LogP contribution in [-0.4, -0.2) is 20.9 Å². The van der Waals surface area contributed by atoms with Crippen molar-refractivity contribution in [2.45, 2.75) is 38.3 Å². The van der Waals surface area contributed by atoms with Crippen LogP contribution in [0, 0.1) is 0 Å². The maximum Gasteiger partial charge on any atom is 0.335 e. The Morgan fingerprint density at radius 2 is 1.95 bits per heavy atom. The van der Waals surface area contributed by atoms with Crippen molar-refractivity contribution < 1.29 is 14.6 Å². The average Bonchev–Trinajstić information content (AvgIpc) is 3.16. The highest BCUT2D eigenvalue weighted by Crippen LogP contribution is 2.28. The van der Waals surface area contributed by atoms with E-state index in [9.17, 15) is 4.79 Å². The summed E-state index contributed by atoms with van der Waals surface area (Å²) in [5, 5.41) is 13.4. The van der Waals surface area contributed by atoms with E-state index < -0.39 is 5.97 Å². The van der Waals surface area contributed by atoms with Crippen molar-refractivity contribution in [2.24, 2.45) is 0 Å². The number of benzene rings is 1. The summed E-state index contributed by atoms with van der Waals surface area (Å²) in [6.07, 6.45) is 7.00. The first-order chi connectivity index (χ1) is 10.2. The third-order valence-electron chi connectivity index (χ3n) is 3.85. The van der Waals surface area contributed by atoms with E-state index in [0.29, 0.717) is 18.4 Å². The van der Waals surface area contributed by atoms with Crippen LogP contribution in [0.25, 0.3) is 0 Å². The molecule has 5 heteroatoms. The largest absolute Gasteiger partial charge is 0.487 e. The number of hydrogen-bond acceptors (Lipinski definition) is 3. The van der Waals surface area contributed by atoms with Crippen LogP contribution in [0.1, 0.15) is 47.8 Å². The summed E-state index contributed by atoms with van der Waals surface area (Å²) in [6.45, 7) is 0.395. The minimum atomic E-state index is -0.933. The van der Waals surface area contributed by atoms with Crippen LogP contribution in [-0.2, 0) is 6.61 Å². The summed E-state index contributed by atoms with van der Waals surface area (Å²) < 4.78 is 7.67. The number of nitrogens with zero attached hydrogens (tertiary/aromatic N) is 2. The van der Waals surface area contributed by atoms with Crippen LogP contribution in [0.2, 0.25) is 0 Å². The Bertz CT molecular complexity index is 613. The zero-order valence-corrected chi connectivity index (χ0v) is 11.7. The van der Waals surface area contributed by atoms with Gasteiger partial charge < -0.3 is 9.84 Å². The molecule has 0 saturated heterocycles. The first kappa shape index (κ1) is 13.7. The summed E-state index contributed by atoms with van der Waals surface area (Å²) in [6, 6.07) is 8.91. The van der Waals surface area contributed by atoms with E-state index in [0.717, 1.165) is 5.69 Å². The number of carboxylic acids is 1. The molecule has 1 aromatic carbocycles. The van der Waals surface area contributed by atoms with Gasteiger partial charge in [0.25, 0.3) is 0 Å². The molecule has 5 nitrogen and oxygen atoms in total. The summed E-state index contributed by atoms with van der Waals surface area (Å²) in [7, 11) is 0. The number of carboxylic acid groups (broad SMARTS) is 1. The second kappa shape index (κ2) is 5.99. The molecule has 2 aromatic rings. The van der Waals surface area contributed by atoms with Crippen molar-refractivity contribution in [3.05, 3.63) is 47.8 Å². The number of carbonyl (C=O) groups is 1. The maximum absolute atomic E-state index is 10.8. The molecule has 0 amide bonds. The molecule has 1 aliphatic rings. The summed E-state index contributed by atoms with van der Waals surface area (Å²) in [5.74, 6) is -0.285. The Kier molecular flexibility index (Phi) is 3.90. The van der Waals surface area contributed by atoms with Gasteiger partial charge in [-0.25, -0.2) is 4.79 Å². The Morgan fingerprint density at radius 3 is 2.62 bits per heavy atom. The van der Waals surface area contributed by atoms with Gasteiger partial charge in [-0.2, -0.15) is 5.10 Å². The fraction of sp³-hybridized carbons (Fsp3) is 0.375. The summed E-state index contributed by atoms with van der Waals surface area (Å²) in [4.78, 5) is 10.8. The fourth-order valence-corrected chi connectivity index (χ4v) is 2.68. The van der Waals surface area contributed by atoms with Crippen molar-refractivity contribution in [2.75, 3.05) is 0 Å². The zero-order valence-electron chi connectivity index (χ0n) is 11.7. The number of aromatic carboxylic acids is 1. The van der Waals surface area contributed by atoms with Crippen LogP contribution in [0.15, 0.2) is 36.5 Å². The van der Waals surface area contributed by atoms with E-state index in [1.165, 1.54) is 37.8 Å². The zero-order chi connectivity index (χ0) is 14.7. The summed E-state index contributed by atoms with van der Waals surface area (Å²) >= 11 is 0. The Labute approximate surface area is 123 Å².